The standard InChI is InChI=1S/C11H23NO/c1-3-6-11(2)7-4-5-8-12(11)9-10-13/h13H,3-10H2,1-2H3. The Kier molecular flexibility index (Phi) is 4.20. The molecule has 0 aromatic heterocycles. The number of hydrogen-bond donors (Lipinski definition) is 1. The van der Waals surface area contributed by atoms with Crippen molar-refractivity contribution in [2.75, 3.05) is 19.7 Å². The fraction of sp³-hybridized carbons (Fsp3) is 1.00. The van der Waals surface area contributed by atoms with Gasteiger partial charge in [-0.05, 0) is 32.7 Å². The van der Waals surface area contributed by atoms with Crippen LogP contribution in [0.2, 0.25) is 0 Å². The van der Waals surface area contributed by atoms with Gasteiger partial charge in [-0.1, -0.05) is 19.8 Å². The third-order valence-corrected chi connectivity index (χ3v) is 3.32. The molecule has 0 radical (unpaired) electrons. The maximum absolute atomic E-state index is 8.98. The van der Waals surface area contributed by atoms with Gasteiger partial charge in [0.1, 0.15) is 0 Å². The predicted octanol–water partition coefficient (Wildman–Crippen LogP) is 2.02. The predicted molar refractivity (Wildman–Crippen MR) is 55.8 cm³/mol. The highest BCUT2D eigenvalue weighted by Crippen LogP contribution is 2.31. The minimum atomic E-state index is 0.305. The highest BCUT2D eigenvalue weighted by molar-refractivity contribution is 4.89. The third-order valence-electron chi connectivity index (χ3n) is 3.32. The Bertz CT molecular complexity index is 143. The topological polar surface area (TPSA) is 23.5 Å². The van der Waals surface area contributed by atoms with Crippen molar-refractivity contribution in [2.24, 2.45) is 0 Å². The average Bonchev–Trinajstić information content (AvgIpc) is 2.10. The summed E-state index contributed by atoms with van der Waals surface area (Å²) in [6.07, 6.45) is 6.49. The summed E-state index contributed by atoms with van der Waals surface area (Å²) in [7, 11) is 0. The molecule has 1 rings (SSSR count). The lowest BCUT2D eigenvalue weighted by molar-refractivity contribution is 0.0379. The van der Waals surface area contributed by atoms with Crippen LogP contribution in [0.25, 0.3) is 0 Å². The second kappa shape index (κ2) is 4.97. The van der Waals surface area contributed by atoms with Crippen molar-refractivity contribution in [3.05, 3.63) is 0 Å². The van der Waals surface area contributed by atoms with Crippen LogP contribution in [0, 0.1) is 0 Å². The number of likely N-dealkylation sites (tertiary alicyclic amines) is 1. The van der Waals surface area contributed by atoms with E-state index in [9.17, 15) is 0 Å². The first-order valence-corrected chi connectivity index (χ1v) is 5.59. The molecule has 1 unspecified atom stereocenters. The summed E-state index contributed by atoms with van der Waals surface area (Å²) < 4.78 is 0. The molecule has 0 aromatic rings. The summed E-state index contributed by atoms with van der Waals surface area (Å²) in [4.78, 5) is 2.47. The highest BCUT2D eigenvalue weighted by Gasteiger charge is 2.32. The van der Waals surface area contributed by atoms with Crippen LogP contribution < -0.4 is 0 Å². The van der Waals surface area contributed by atoms with Gasteiger partial charge in [0.05, 0.1) is 6.61 Å². The molecule has 1 atom stereocenters. The third kappa shape index (κ3) is 2.68. The molecule has 2 heteroatoms. The quantitative estimate of drug-likeness (QED) is 0.724. The van der Waals surface area contributed by atoms with Crippen LogP contribution in [0.1, 0.15) is 46.0 Å². The number of piperidine rings is 1. The molecular weight excluding hydrogens is 162 g/mol. The number of β-amino-alcohol motifs (C(OH)–C–C–N with tert-alkyl or cyclic N) is 1. The van der Waals surface area contributed by atoms with Crippen LogP contribution >= 0.6 is 0 Å². The van der Waals surface area contributed by atoms with Crippen molar-refractivity contribution < 1.29 is 5.11 Å². The fourth-order valence-electron chi connectivity index (χ4n) is 2.56. The highest BCUT2D eigenvalue weighted by atomic mass is 16.3. The van der Waals surface area contributed by atoms with Crippen molar-refractivity contribution in [2.45, 2.75) is 51.5 Å². The summed E-state index contributed by atoms with van der Waals surface area (Å²) in [6.45, 7) is 6.94. The maximum atomic E-state index is 8.98. The van der Waals surface area contributed by atoms with E-state index in [2.05, 4.69) is 18.7 Å². The van der Waals surface area contributed by atoms with E-state index in [0.29, 0.717) is 12.1 Å². The zero-order valence-corrected chi connectivity index (χ0v) is 9.05. The molecule has 0 aliphatic carbocycles. The van der Waals surface area contributed by atoms with Crippen LogP contribution in [-0.2, 0) is 0 Å². The fourth-order valence-corrected chi connectivity index (χ4v) is 2.56. The smallest absolute Gasteiger partial charge is 0.0558 e. The van der Waals surface area contributed by atoms with Gasteiger partial charge in [0.15, 0.2) is 0 Å². The van der Waals surface area contributed by atoms with Crippen molar-refractivity contribution in [1.29, 1.82) is 0 Å². The zero-order chi connectivity index (χ0) is 9.73. The largest absolute Gasteiger partial charge is 0.395 e. The number of hydrogen-bond acceptors (Lipinski definition) is 2. The Morgan fingerprint density at radius 1 is 1.38 bits per heavy atom. The minimum Gasteiger partial charge on any atom is -0.395 e. The van der Waals surface area contributed by atoms with Gasteiger partial charge in [0.2, 0.25) is 0 Å². The summed E-state index contributed by atoms with van der Waals surface area (Å²) in [5.41, 5.74) is 0.371. The van der Waals surface area contributed by atoms with Crippen LogP contribution in [0.5, 0.6) is 0 Å². The number of rotatable bonds is 4. The van der Waals surface area contributed by atoms with Crippen molar-refractivity contribution in [1.82, 2.24) is 4.90 Å². The molecule has 0 spiro atoms. The van der Waals surface area contributed by atoms with Gasteiger partial charge in [0.25, 0.3) is 0 Å². The first-order chi connectivity index (χ1) is 6.23. The lowest BCUT2D eigenvalue weighted by Crippen LogP contribution is -2.50. The van der Waals surface area contributed by atoms with Gasteiger partial charge in [-0.15, -0.1) is 0 Å². The first kappa shape index (κ1) is 11.0. The molecule has 0 aromatic carbocycles. The Morgan fingerprint density at radius 3 is 2.77 bits per heavy atom. The van der Waals surface area contributed by atoms with Gasteiger partial charge >= 0.3 is 0 Å². The minimum absolute atomic E-state index is 0.305. The summed E-state index contributed by atoms with van der Waals surface area (Å²) in [6, 6.07) is 0. The maximum Gasteiger partial charge on any atom is 0.0558 e. The molecule has 0 saturated carbocycles. The van der Waals surface area contributed by atoms with E-state index >= 15 is 0 Å². The molecule has 1 heterocycles. The Morgan fingerprint density at radius 2 is 2.15 bits per heavy atom. The Labute approximate surface area is 81.9 Å². The van der Waals surface area contributed by atoms with Crippen molar-refractivity contribution in [3.8, 4) is 0 Å². The van der Waals surface area contributed by atoms with Crippen molar-refractivity contribution in [3.63, 3.8) is 0 Å². The van der Waals surface area contributed by atoms with E-state index in [0.717, 1.165) is 6.54 Å². The van der Waals surface area contributed by atoms with Gasteiger partial charge in [-0.25, -0.2) is 0 Å². The van der Waals surface area contributed by atoms with E-state index in [1.165, 1.54) is 38.6 Å². The number of nitrogens with zero attached hydrogens (tertiary/aromatic N) is 1. The van der Waals surface area contributed by atoms with E-state index < -0.39 is 0 Å². The lowest BCUT2D eigenvalue weighted by Gasteiger charge is -2.45. The van der Waals surface area contributed by atoms with E-state index in [4.69, 9.17) is 5.11 Å². The Balaban J connectivity index is 2.54. The van der Waals surface area contributed by atoms with Crippen LogP contribution in [0.4, 0.5) is 0 Å². The summed E-state index contributed by atoms with van der Waals surface area (Å²) in [5.74, 6) is 0. The van der Waals surface area contributed by atoms with Gasteiger partial charge < -0.3 is 5.11 Å². The molecule has 2 nitrogen and oxygen atoms in total. The van der Waals surface area contributed by atoms with Gasteiger partial charge in [0, 0.05) is 12.1 Å². The van der Waals surface area contributed by atoms with E-state index in [-0.39, 0.29) is 0 Å². The average molecular weight is 185 g/mol. The molecule has 0 bridgehead atoms. The monoisotopic (exact) mass is 185 g/mol. The number of aliphatic hydroxyl groups is 1. The molecule has 13 heavy (non-hydrogen) atoms. The molecule has 1 N–H and O–H groups in total. The number of aliphatic hydroxyl groups excluding tert-OH is 1. The summed E-state index contributed by atoms with van der Waals surface area (Å²) >= 11 is 0. The molecule has 1 fully saturated rings. The van der Waals surface area contributed by atoms with Crippen LogP contribution in [0.3, 0.4) is 0 Å². The van der Waals surface area contributed by atoms with Gasteiger partial charge in [-0.3, -0.25) is 4.90 Å². The van der Waals surface area contributed by atoms with Crippen LogP contribution in [0.15, 0.2) is 0 Å². The second-order valence-corrected chi connectivity index (χ2v) is 4.41. The molecule has 1 saturated heterocycles. The molecule has 78 valence electrons. The lowest BCUT2D eigenvalue weighted by atomic mass is 9.84. The normalized spacial score (nSPS) is 30.7. The SMILES string of the molecule is CCCC1(C)CCCCN1CCO. The summed E-state index contributed by atoms with van der Waals surface area (Å²) in [5, 5.41) is 8.98. The molecule has 1 aliphatic rings. The zero-order valence-electron chi connectivity index (χ0n) is 9.05. The second-order valence-electron chi connectivity index (χ2n) is 4.41. The first-order valence-electron chi connectivity index (χ1n) is 5.59. The van der Waals surface area contributed by atoms with E-state index in [1.807, 2.05) is 0 Å². The molecular formula is C11H23NO. The molecule has 0 amide bonds. The van der Waals surface area contributed by atoms with Gasteiger partial charge in [-0.2, -0.15) is 0 Å². The molecule has 1 aliphatic heterocycles. The Hall–Kier alpha value is -0.0800. The van der Waals surface area contributed by atoms with E-state index in [1.54, 1.807) is 0 Å². The van der Waals surface area contributed by atoms with Crippen LogP contribution in [-0.4, -0.2) is 35.2 Å². The van der Waals surface area contributed by atoms with Crippen molar-refractivity contribution >= 4 is 0 Å².